The lowest BCUT2D eigenvalue weighted by Gasteiger charge is -2.35. The molecule has 3 N–H and O–H groups in total. The number of ether oxygens (including phenoxy) is 2. The van der Waals surface area contributed by atoms with E-state index in [1.54, 1.807) is 41.6 Å². The van der Waals surface area contributed by atoms with Crippen LogP contribution in [0.3, 0.4) is 0 Å². The van der Waals surface area contributed by atoms with Crippen molar-refractivity contribution in [1.82, 2.24) is 24.1 Å². The molecule has 1 aliphatic heterocycles. The van der Waals surface area contributed by atoms with E-state index in [2.05, 4.69) is 15.6 Å². The summed E-state index contributed by atoms with van der Waals surface area (Å²) in [5, 5.41) is 16.1. The Labute approximate surface area is 279 Å². The van der Waals surface area contributed by atoms with Gasteiger partial charge in [0.2, 0.25) is 0 Å². The van der Waals surface area contributed by atoms with Gasteiger partial charge in [0.1, 0.15) is 5.75 Å². The van der Waals surface area contributed by atoms with Gasteiger partial charge >= 0.3 is 6.03 Å². The number of sulfonamides is 1. The lowest BCUT2D eigenvalue weighted by atomic mass is 9.96. The first-order valence-electron chi connectivity index (χ1n) is 16.7. The summed E-state index contributed by atoms with van der Waals surface area (Å²) in [6, 6.07) is 4.30. The van der Waals surface area contributed by atoms with E-state index in [0.29, 0.717) is 24.5 Å². The highest BCUT2D eigenvalue weighted by molar-refractivity contribution is 7.89. The molecule has 2 aromatic rings. The Morgan fingerprint density at radius 3 is 2.55 bits per heavy atom. The number of imidazole rings is 1. The summed E-state index contributed by atoms with van der Waals surface area (Å²) in [6.45, 7) is 5.97. The van der Waals surface area contributed by atoms with Gasteiger partial charge in [-0.25, -0.2) is 18.2 Å². The van der Waals surface area contributed by atoms with Crippen LogP contribution in [-0.4, -0.2) is 102 Å². The van der Waals surface area contributed by atoms with E-state index in [4.69, 9.17) is 9.47 Å². The summed E-state index contributed by atoms with van der Waals surface area (Å²) in [6.07, 6.45) is 9.67. The average molecular weight is 677 g/mol. The lowest BCUT2D eigenvalue weighted by Crippen LogP contribution is -2.48. The third-order valence-electron chi connectivity index (χ3n) is 9.04. The number of rotatable bonds is 8. The normalized spacial score (nSPS) is 23.0. The van der Waals surface area contributed by atoms with Crippen LogP contribution in [0.15, 0.2) is 35.7 Å². The molecule has 0 unspecified atom stereocenters. The van der Waals surface area contributed by atoms with Gasteiger partial charge in [0.25, 0.3) is 15.9 Å². The second-order valence-electron chi connectivity index (χ2n) is 13.1. The number of carbonyl (C=O) groups is 2. The number of aliphatic hydroxyl groups excluding tert-OH is 1. The molecule has 1 saturated carbocycles. The van der Waals surface area contributed by atoms with Crippen molar-refractivity contribution < 1.29 is 32.6 Å². The molecular weight excluding hydrogens is 624 g/mol. The third kappa shape index (κ3) is 9.91. The topological polar surface area (TPSA) is 155 Å². The number of amides is 3. The first-order valence-corrected chi connectivity index (χ1v) is 18.2. The number of hydrogen-bond donors (Lipinski definition) is 3. The van der Waals surface area contributed by atoms with Crippen LogP contribution in [0.4, 0.5) is 10.5 Å². The van der Waals surface area contributed by atoms with E-state index in [9.17, 15) is 23.1 Å². The largest absolute Gasteiger partial charge is 0.490 e. The van der Waals surface area contributed by atoms with Gasteiger partial charge in [-0.2, -0.15) is 4.31 Å². The Morgan fingerprint density at radius 1 is 1.15 bits per heavy atom. The molecule has 4 rings (SSSR count). The molecule has 1 aromatic heterocycles. The number of nitrogens with one attached hydrogen (secondary N) is 2. The Morgan fingerprint density at radius 2 is 1.87 bits per heavy atom. The van der Waals surface area contributed by atoms with Crippen LogP contribution in [0.25, 0.3) is 0 Å². The fourth-order valence-electron chi connectivity index (χ4n) is 6.10. The van der Waals surface area contributed by atoms with E-state index in [-0.39, 0.29) is 60.3 Å². The third-order valence-corrected chi connectivity index (χ3v) is 10.8. The van der Waals surface area contributed by atoms with E-state index in [0.717, 1.165) is 38.5 Å². The SMILES string of the molecule is C[C@@H]1CCCCO[C@@H](CN(C)S(=O)(=O)c2cn(C)cn2)[C@@H](C)CN([C@H](C)CO)C(=O)c2cc(NC(=O)NC3CCCCC3)ccc2O1. The zero-order chi connectivity index (χ0) is 34.1. The second-order valence-corrected chi connectivity index (χ2v) is 15.1. The van der Waals surface area contributed by atoms with Crippen molar-refractivity contribution in [2.75, 3.05) is 38.7 Å². The molecule has 0 bridgehead atoms. The fraction of sp³-hybridized carbons (Fsp3) is 0.667. The smallest absolute Gasteiger partial charge is 0.319 e. The molecule has 1 aliphatic carbocycles. The van der Waals surface area contributed by atoms with E-state index in [1.807, 2.05) is 13.8 Å². The number of carbonyl (C=O) groups excluding carboxylic acids is 2. The second kappa shape index (κ2) is 16.8. The van der Waals surface area contributed by atoms with Crippen molar-refractivity contribution in [2.45, 2.75) is 101 Å². The summed E-state index contributed by atoms with van der Waals surface area (Å²) in [4.78, 5) is 32.8. The summed E-state index contributed by atoms with van der Waals surface area (Å²) < 4.78 is 42.0. The molecule has 0 spiro atoms. The average Bonchev–Trinajstić information content (AvgIpc) is 3.49. The van der Waals surface area contributed by atoms with Crippen molar-refractivity contribution in [2.24, 2.45) is 13.0 Å². The Balaban J connectivity index is 1.60. The van der Waals surface area contributed by atoms with Gasteiger partial charge in [-0.3, -0.25) is 4.79 Å². The Kier molecular flexibility index (Phi) is 13.1. The molecule has 2 aliphatic rings. The first kappa shape index (κ1) is 36.6. The van der Waals surface area contributed by atoms with Crippen LogP contribution >= 0.6 is 0 Å². The summed E-state index contributed by atoms with van der Waals surface area (Å²) in [5.41, 5.74) is 0.721. The van der Waals surface area contributed by atoms with Crippen molar-refractivity contribution >= 4 is 27.6 Å². The maximum atomic E-state index is 14.3. The minimum Gasteiger partial charge on any atom is -0.490 e. The van der Waals surface area contributed by atoms with Crippen LogP contribution in [-0.2, 0) is 21.8 Å². The predicted octanol–water partition coefficient (Wildman–Crippen LogP) is 3.99. The zero-order valence-electron chi connectivity index (χ0n) is 28.4. The number of fused-ring (bicyclic) bond motifs is 1. The number of hydrogen-bond acceptors (Lipinski definition) is 8. The molecule has 2 heterocycles. The molecule has 1 aromatic carbocycles. The van der Waals surface area contributed by atoms with Crippen LogP contribution in [0.5, 0.6) is 5.75 Å². The highest BCUT2D eigenvalue weighted by atomic mass is 32.2. The number of aryl methyl sites for hydroxylation is 1. The molecule has 262 valence electrons. The van der Waals surface area contributed by atoms with Crippen LogP contribution < -0.4 is 15.4 Å². The highest BCUT2D eigenvalue weighted by Gasteiger charge is 2.33. The van der Waals surface area contributed by atoms with Crippen molar-refractivity contribution in [3.63, 3.8) is 0 Å². The molecule has 0 saturated heterocycles. The molecule has 0 radical (unpaired) electrons. The van der Waals surface area contributed by atoms with Gasteiger partial charge in [-0.1, -0.05) is 26.2 Å². The number of nitrogens with zero attached hydrogens (tertiary/aromatic N) is 4. The minimum atomic E-state index is -3.87. The molecule has 4 atom stereocenters. The zero-order valence-corrected chi connectivity index (χ0v) is 29.2. The molecular formula is C33H52N6O7S. The van der Waals surface area contributed by atoms with Gasteiger partial charge < -0.3 is 34.7 Å². The predicted molar refractivity (Wildman–Crippen MR) is 179 cm³/mol. The maximum absolute atomic E-state index is 14.3. The molecule has 3 amide bonds. The maximum Gasteiger partial charge on any atom is 0.319 e. The highest BCUT2D eigenvalue weighted by Crippen LogP contribution is 2.29. The van der Waals surface area contributed by atoms with Gasteiger partial charge in [-0.15, -0.1) is 0 Å². The van der Waals surface area contributed by atoms with Crippen LogP contribution in [0, 0.1) is 5.92 Å². The lowest BCUT2D eigenvalue weighted by molar-refractivity contribution is -0.00835. The number of aromatic nitrogens is 2. The van der Waals surface area contributed by atoms with Gasteiger partial charge in [0.15, 0.2) is 5.03 Å². The number of benzene rings is 1. The summed E-state index contributed by atoms with van der Waals surface area (Å²) in [7, 11) is -0.669. The van der Waals surface area contributed by atoms with Gasteiger partial charge in [0.05, 0.1) is 36.7 Å². The number of aliphatic hydroxyl groups is 1. The number of urea groups is 1. The molecule has 14 heteroatoms. The quantitative estimate of drug-likeness (QED) is 0.379. The Bertz CT molecular complexity index is 1440. The van der Waals surface area contributed by atoms with E-state index in [1.165, 1.54) is 30.3 Å². The van der Waals surface area contributed by atoms with Gasteiger partial charge in [0, 0.05) is 57.6 Å². The standard InChI is InChI=1S/C33H52N6O7S/c1-23-18-39(24(2)21-40)32(41)28-17-27(36-33(42)35-26-12-7-6-8-13-26)14-15-29(28)46-25(3)11-9-10-16-45-30(23)19-38(5)47(43,44)31-20-37(4)22-34-31/h14-15,17,20,22-26,30,40H,6-13,16,18-19,21H2,1-5H3,(H2,35,36,42)/t23-,24+,25+,30-/m0/s1. The van der Waals surface area contributed by atoms with Crippen molar-refractivity contribution in [3.05, 3.63) is 36.3 Å². The first-order chi connectivity index (χ1) is 22.4. The van der Waals surface area contributed by atoms with E-state index >= 15 is 0 Å². The van der Waals surface area contributed by atoms with E-state index < -0.39 is 22.2 Å². The van der Waals surface area contributed by atoms with Crippen LogP contribution in [0.1, 0.15) is 82.5 Å². The molecule has 47 heavy (non-hydrogen) atoms. The number of anilines is 1. The van der Waals surface area contributed by atoms with Crippen molar-refractivity contribution in [3.8, 4) is 5.75 Å². The Hall–Kier alpha value is -3.20. The number of likely N-dealkylation sites (N-methyl/N-ethyl adjacent to an activating group) is 1. The monoisotopic (exact) mass is 676 g/mol. The van der Waals surface area contributed by atoms with Crippen LogP contribution in [0.2, 0.25) is 0 Å². The summed E-state index contributed by atoms with van der Waals surface area (Å²) >= 11 is 0. The van der Waals surface area contributed by atoms with Gasteiger partial charge in [-0.05, 0) is 64.2 Å². The minimum absolute atomic E-state index is 0.0515. The summed E-state index contributed by atoms with van der Waals surface area (Å²) in [5.74, 6) is -0.292. The molecule has 1 fully saturated rings. The van der Waals surface area contributed by atoms with Crippen molar-refractivity contribution in [1.29, 1.82) is 0 Å². The molecule has 13 nitrogen and oxygen atoms in total. The fourth-order valence-corrected chi connectivity index (χ4v) is 7.24.